The van der Waals surface area contributed by atoms with Crippen molar-refractivity contribution in [2.45, 2.75) is 38.8 Å². The van der Waals surface area contributed by atoms with Crippen LogP contribution in [0.4, 0.5) is 5.82 Å². The minimum absolute atomic E-state index is 0.591. The lowest BCUT2D eigenvalue weighted by Gasteiger charge is -2.17. The highest BCUT2D eigenvalue weighted by Crippen LogP contribution is 2.28. The molecule has 1 saturated heterocycles. The zero-order valence-corrected chi connectivity index (χ0v) is 13.0. The molecule has 114 valence electrons. The number of pyridine rings is 1. The molecule has 2 fully saturated rings. The van der Waals surface area contributed by atoms with Gasteiger partial charge in [0.2, 0.25) is 0 Å². The number of hydrogen-bond acceptors (Lipinski definition) is 3. The summed E-state index contributed by atoms with van der Waals surface area (Å²) >= 11 is 0. The lowest BCUT2D eigenvalue weighted by atomic mass is 10.2. The molecule has 2 unspecified atom stereocenters. The van der Waals surface area contributed by atoms with Crippen LogP contribution in [0.2, 0.25) is 0 Å². The molecule has 1 aromatic rings. The average molecular weight is 287 g/mol. The number of hydrogen-bond donors (Lipinski definition) is 2. The van der Waals surface area contributed by atoms with Crippen molar-refractivity contribution in [3.05, 3.63) is 23.9 Å². The maximum absolute atomic E-state index is 4.49. The van der Waals surface area contributed by atoms with Crippen molar-refractivity contribution in [3.63, 3.8) is 0 Å². The van der Waals surface area contributed by atoms with Crippen molar-refractivity contribution in [2.75, 3.05) is 25.0 Å². The highest BCUT2D eigenvalue weighted by molar-refractivity contribution is 5.80. The maximum Gasteiger partial charge on any atom is 0.191 e. The molecular formula is C16H25N5. The Balaban J connectivity index is 1.55. The van der Waals surface area contributed by atoms with Gasteiger partial charge in [-0.05, 0) is 42.9 Å². The second-order valence-electron chi connectivity index (χ2n) is 6.11. The van der Waals surface area contributed by atoms with Gasteiger partial charge in [0, 0.05) is 38.9 Å². The molecule has 5 heteroatoms. The molecule has 1 aromatic heterocycles. The van der Waals surface area contributed by atoms with Crippen molar-refractivity contribution < 1.29 is 0 Å². The van der Waals surface area contributed by atoms with E-state index in [1.54, 1.807) is 0 Å². The first-order valence-corrected chi connectivity index (χ1v) is 7.93. The van der Waals surface area contributed by atoms with E-state index in [-0.39, 0.29) is 0 Å². The first-order chi connectivity index (χ1) is 10.3. The number of aliphatic imine (C=N–C) groups is 1. The van der Waals surface area contributed by atoms with Gasteiger partial charge in [0.15, 0.2) is 5.96 Å². The van der Waals surface area contributed by atoms with Gasteiger partial charge in [0.1, 0.15) is 5.82 Å². The summed E-state index contributed by atoms with van der Waals surface area (Å²) in [5.41, 5.74) is 1.25. The summed E-state index contributed by atoms with van der Waals surface area (Å²) < 4.78 is 0. The summed E-state index contributed by atoms with van der Waals surface area (Å²) in [7, 11) is 1.82. The Morgan fingerprint density at radius 3 is 2.86 bits per heavy atom. The largest absolute Gasteiger partial charge is 0.357 e. The topological polar surface area (TPSA) is 52.6 Å². The summed E-state index contributed by atoms with van der Waals surface area (Å²) in [5.74, 6) is 2.76. The molecule has 3 rings (SSSR count). The predicted molar refractivity (Wildman–Crippen MR) is 86.6 cm³/mol. The van der Waals surface area contributed by atoms with Crippen LogP contribution in [0, 0.1) is 5.92 Å². The molecule has 1 saturated carbocycles. The molecule has 5 nitrogen and oxygen atoms in total. The van der Waals surface area contributed by atoms with Gasteiger partial charge in [0.05, 0.1) is 0 Å². The second kappa shape index (κ2) is 6.33. The van der Waals surface area contributed by atoms with E-state index < -0.39 is 0 Å². The lowest BCUT2D eigenvalue weighted by Crippen LogP contribution is -2.38. The molecule has 0 bridgehead atoms. The molecule has 2 N–H and O–H groups in total. The summed E-state index contributed by atoms with van der Waals surface area (Å²) in [6.07, 6.45) is 5.71. The second-order valence-corrected chi connectivity index (χ2v) is 6.11. The van der Waals surface area contributed by atoms with E-state index in [9.17, 15) is 0 Å². The van der Waals surface area contributed by atoms with E-state index in [0.29, 0.717) is 6.04 Å². The molecule has 0 radical (unpaired) electrons. The molecule has 1 aliphatic carbocycles. The van der Waals surface area contributed by atoms with Gasteiger partial charge in [-0.1, -0.05) is 6.92 Å². The van der Waals surface area contributed by atoms with Crippen LogP contribution in [0.3, 0.4) is 0 Å². The molecule has 21 heavy (non-hydrogen) atoms. The fraction of sp³-hybridized carbons (Fsp3) is 0.625. The quantitative estimate of drug-likeness (QED) is 0.654. The van der Waals surface area contributed by atoms with Crippen LogP contribution in [-0.2, 0) is 6.54 Å². The molecule has 2 heterocycles. The van der Waals surface area contributed by atoms with E-state index in [2.05, 4.69) is 44.6 Å². The van der Waals surface area contributed by atoms with Crippen LogP contribution in [0.15, 0.2) is 23.3 Å². The summed E-state index contributed by atoms with van der Waals surface area (Å²) in [6.45, 7) is 5.31. The van der Waals surface area contributed by atoms with E-state index in [4.69, 9.17) is 0 Å². The number of anilines is 1. The van der Waals surface area contributed by atoms with E-state index >= 15 is 0 Å². The van der Waals surface area contributed by atoms with E-state index in [1.807, 2.05) is 13.2 Å². The van der Waals surface area contributed by atoms with Gasteiger partial charge in [-0.3, -0.25) is 4.99 Å². The van der Waals surface area contributed by atoms with Crippen molar-refractivity contribution >= 4 is 11.8 Å². The number of rotatable bonds is 4. The monoisotopic (exact) mass is 287 g/mol. The van der Waals surface area contributed by atoms with Gasteiger partial charge < -0.3 is 15.5 Å². The molecule has 2 atom stereocenters. The van der Waals surface area contributed by atoms with Crippen LogP contribution in [0.25, 0.3) is 0 Å². The molecule has 1 aliphatic heterocycles. The Morgan fingerprint density at radius 1 is 1.43 bits per heavy atom. The molecule has 0 spiro atoms. The van der Waals surface area contributed by atoms with Crippen molar-refractivity contribution in [2.24, 2.45) is 10.9 Å². The summed E-state index contributed by atoms with van der Waals surface area (Å²) in [4.78, 5) is 11.1. The van der Waals surface area contributed by atoms with Crippen LogP contribution < -0.4 is 15.5 Å². The third kappa shape index (κ3) is 3.65. The van der Waals surface area contributed by atoms with Crippen LogP contribution in [0.5, 0.6) is 0 Å². The first kappa shape index (κ1) is 14.2. The Bertz CT molecular complexity index is 507. The Labute approximate surface area is 126 Å². The number of aromatic nitrogens is 1. The third-order valence-electron chi connectivity index (χ3n) is 4.36. The molecule has 0 aromatic carbocycles. The number of nitrogens with zero attached hydrogens (tertiary/aromatic N) is 3. The smallest absolute Gasteiger partial charge is 0.191 e. The normalized spacial score (nSPS) is 25.0. The van der Waals surface area contributed by atoms with Gasteiger partial charge in [-0.25, -0.2) is 4.98 Å². The standard InChI is InChI=1S/C16H25N5/c1-12-9-14(12)20-16(17-2)19-11-13-5-6-18-15(10-13)21-7-3-4-8-21/h5-6,10,12,14H,3-4,7-9,11H2,1-2H3,(H2,17,19,20). The summed E-state index contributed by atoms with van der Waals surface area (Å²) in [5, 5.41) is 6.83. The summed E-state index contributed by atoms with van der Waals surface area (Å²) in [6, 6.07) is 4.85. The van der Waals surface area contributed by atoms with Gasteiger partial charge in [-0.2, -0.15) is 0 Å². The SMILES string of the molecule is CN=C(NCc1ccnc(N2CCCC2)c1)NC1CC1C. The Morgan fingerprint density at radius 2 is 2.19 bits per heavy atom. The Hall–Kier alpha value is -1.78. The number of guanidine groups is 1. The van der Waals surface area contributed by atoms with Crippen LogP contribution in [-0.4, -0.2) is 37.1 Å². The van der Waals surface area contributed by atoms with Crippen molar-refractivity contribution in [3.8, 4) is 0 Å². The van der Waals surface area contributed by atoms with Crippen molar-refractivity contribution in [1.29, 1.82) is 0 Å². The number of nitrogens with one attached hydrogen (secondary N) is 2. The zero-order chi connectivity index (χ0) is 14.7. The lowest BCUT2D eigenvalue weighted by molar-refractivity contribution is 0.763. The average Bonchev–Trinajstić information content (AvgIpc) is 2.98. The molecule has 0 amide bonds. The van der Waals surface area contributed by atoms with Crippen molar-refractivity contribution in [1.82, 2.24) is 15.6 Å². The van der Waals surface area contributed by atoms with Gasteiger partial charge in [-0.15, -0.1) is 0 Å². The van der Waals surface area contributed by atoms with Gasteiger partial charge in [0.25, 0.3) is 0 Å². The predicted octanol–water partition coefficient (Wildman–Crippen LogP) is 1.76. The van der Waals surface area contributed by atoms with E-state index in [1.165, 1.54) is 24.8 Å². The highest BCUT2D eigenvalue weighted by Gasteiger charge is 2.33. The third-order valence-corrected chi connectivity index (χ3v) is 4.36. The fourth-order valence-corrected chi connectivity index (χ4v) is 2.77. The van der Waals surface area contributed by atoms with E-state index in [0.717, 1.165) is 37.3 Å². The Kier molecular flexibility index (Phi) is 4.27. The molecule has 2 aliphatic rings. The first-order valence-electron chi connectivity index (χ1n) is 7.93. The minimum atomic E-state index is 0.591. The van der Waals surface area contributed by atoms with Gasteiger partial charge >= 0.3 is 0 Å². The van der Waals surface area contributed by atoms with Crippen LogP contribution in [0.1, 0.15) is 31.7 Å². The maximum atomic E-state index is 4.49. The molecular weight excluding hydrogens is 262 g/mol. The minimum Gasteiger partial charge on any atom is -0.357 e. The fourth-order valence-electron chi connectivity index (χ4n) is 2.77. The van der Waals surface area contributed by atoms with Crippen LogP contribution >= 0.6 is 0 Å². The zero-order valence-electron chi connectivity index (χ0n) is 13.0. The highest BCUT2D eigenvalue weighted by atomic mass is 15.2.